The molecule has 0 unspecified atom stereocenters. The Morgan fingerprint density at radius 2 is 1.50 bits per heavy atom. The standard InChI is InChI=1S/C15H9F3N2/c16-10-1-4-12(5-2-10)20-8-7-15(19-20)13-6-3-11(17)9-14(13)18/h1-9H. The molecule has 3 aromatic rings. The molecule has 0 atom stereocenters. The first-order valence-electron chi connectivity index (χ1n) is 5.90. The van der Waals surface area contributed by atoms with Crippen molar-refractivity contribution < 1.29 is 13.2 Å². The Bertz CT molecular complexity index is 748. The van der Waals surface area contributed by atoms with E-state index in [2.05, 4.69) is 5.10 Å². The van der Waals surface area contributed by atoms with Crippen LogP contribution in [0.5, 0.6) is 0 Å². The van der Waals surface area contributed by atoms with Crippen molar-refractivity contribution >= 4 is 0 Å². The second kappa shape index (κ2) is 4.85. The molecule has 100 valence electrons. The SMILES string of the molecule is Fc1ccc(-n2ccc(-c3ccc(F)cc3F)n2)cc1. The maximum atomic E-state index is 13.7. The van der Waals surface area contributed by atoms with Crippen LogP contribution in [-0.2, 0) is 0 Å². The lowest BCUT2D eigenvalue weighted by atomic mass is 10.1. The summed E-state index contributed by atoms with van der Waals surface area (Å²) in [6, 6.07) is 10.7. The fourth-order valence-electron chi connectivity index (χ4n) is 1.90. The van der Waals surface area contributed by atoms with Crippen molar-refractivity contribution in [3.05, 3.63) is 72.2 Å². The van der Waals surface area contributed by atoms with Crippen molar-refractivity contribution in [1.82, 2.24) is 9.78 Å². The molecule has 0 fully saturated rings. The highest BCUT2D eigenvalue weighted by Crippen LogP contribution is 2.22. The molecule has 0 aliphatic rings. The second-order valence-electron chi connectivity index (χ2n) is 4.25. The summed E-state index contributed by atoms with van der Waals surface area (Å²) in [5, 5.41) is 4.20. The van der Waals surface area contributed by atoms with E-state index in [9.17, 15) is 13.2 Å². The molecule has 1 heterocycles. The van der Waals surface area contributed by atoms with Crippen LogP contribution in [0.15, 0.2) is 54.7 Å². The summed E-state index contributed by atoms with van der Waals surface area (Å²) in [7, 11) is 0. The van der Waals surface area contributed by atoms with Gasteiger partial charge in [0.05, 0.1) is 11.4 Å². The summed E-state index contributed by atoms with van der Waals surface area (Å²) in [6.45, 7) is 0. The van der Waals surface area contributed by atoms with Gasteiger partial charge in [-0.25, -0.2) is 17.9 Å². The smallest absolute Gasteiger partial charge is 0.135 e. The lowest BCUT2D eigenvalue weighted by molar-refractivity contribution is 0.585. The van der Waals surface area contributed by atoms with Crippen LogP contribution >= 0.6 is 0 Å². The monoisotopic (exact) mass is 274 g/mol. The second-order valence-corrected chi connectivity index (χ2v) is 4.25. The average molecular weight is 274 g/mol. The number of hydrogen-bond acceptors (Lipinski definition) is 1. The van der Waals surface area contributed by atoms with Gasteiger partial charge in [-0.2, -0.15) is 5.10 Å². The van der Waals surface area contributed by atoms with E-state index in [-0.39, 0.29) is 11.4 Å². The molecule has 0 amide bonds. The molecule has 0 saturated carbocycles. The predicted octanol–water partition coefficient (Wildman–Crippen LogP) is 3.96. The third kappa shape index (κ3) is 2.30. The summed E-state index contributed by atoms with van der Waals surface area (Å²) in [5.41, 5.74) is 1.25. The zero-order valence-electron chi connectivity index (χ0n) is 10.2. The summed E-state index contributed by atoms with van der Waals surface area (Å²) in [4.78, 5) is 0. The van der Waals surface area contributed by atoms with Crippen molar-refractivity contribution in [3.63, 3.8) is 0 Å². The maximum absolute atomic E-state index is 13.7. The molecule has 0 saturated heterocycles. The highest BCUT2D eigenvalue weighted by Gasteiger charge is 2.10. The van der Waals surface area contributed by atoms with Gasteiger partial charge in [-0.15, -0.1) is 0 Å². The van der Waals surface area contributed by atoms with Crippen LogP contribution in [0.2, 0.25) is 0 Å². The minimum absolute atomic E-state index is 0.215. The molecule has 0 bridgehead atoms. The number of hydrogen-bond donors (Lipinski definition) is 0. The van der Waals surface area contributed by atoms with E-state index in [0.29, 0.717) is 11.4 Å². The Labute approximate surface area is 113 Å². The Morgan fingerprint density at radius 1 is 0.800 bits per heavy atom. The van der Waals surface area contributed by atoms with Crippen molar-refractivity contribution in [1.29, 1.82) is 0 Å². The third-order valence-corrected chi connectivity index (χ3v) is 2.89. The molecule has 2 aromatic carbocycles. The molecule has 5 heteroatoms. The molecular weight excluding hydrogens is 265 g/mol. The van der Waals surface area contributed by atoms with E-state index < -0.39 is 11.6 Å². The Balaban J connectivity index is 1.99. The van der Waals surface area contributed by atoms with Crippen LogP contribution in [0.3, 0.4) is 0 Å². The van der Waals surface area contributed by atoms with Gasteiger partial charge in [0.15, 0.2) is 0 Å². The number of halogens is 3. The van der Waals surface area contributed by atoms with Crippen molar-refractivity contribution in [2.24, 2.45) is 0 Å². The highest BCUT2D eigenvalue weighted by atomic mass is 19.1. The first-order chi connectivity index (χ1) is 9.63. The van der Waals surface area contributed by atoms with Crippen LogP contribution in [0.4, 0.5) is 13.2 Å². The van der Waals surface area contributed by atoms with E-state index in [4.69, 9.17) is 0 Å². The van der Waals surface area contributed by atoms with E-state index in [1.165, 1.54) is 28.9 Å². The molecule has 3 rings (SSSR count). The number of aromatic nitrogens is 2. The van der Waals surface area contributed by atoms with Gasteiger partial charge in [-0.1, -0.05) is 0 Å². The van der Waals surface area contributed by atoms with Gasteiger partial charge in [0.25, 0.3) is 0 Å². The van der Waals surface area contributed by atoms with Gasteiger partial charge in [0, 0.05) is 17.8 Å². The van der Waals surface area contributed by atoms with Gasteiger partial charge in [-0.3, -0.25) is 0 Å². The summed E-state index contributed by atoms with van der Waals surface area (Å²) < 4.78 is 40.9. The first kappa shape index (κ1) is 12.5. The topological polar surface area (TPSA) is 17.8 Å². The molecule has 0 N–H and O–H groups in total. The number of rotatable bonds is 2. The number of benzene rings is 2. The molecule has 2 nitrogen and oxygen atoms in total. The molecule has 20 heavy (non-hydrogen) atoms. The Hall–Kier alpha value is -2.56. The van der Waals surface area contributed by atoms with E-state index in [1.807, 2.05) is 0 Å². The molecule has 1 aromatic heterocycles. The largest absolute Gasteiger partial charge is 0.240 e. The van der Waals surface area contributed by atoms with Gasteiger partial charge >= 0.3 is 0 Å². The first-order valence-corrected chi connectivity index (χ1v) is 5.90. The minimum Gasteiger partial charge on any atom is -0.240 e. The molecule has 0 aliphatic heterocycles. The molecule has 0 radical (unpaired) electrons. The minimum atomic E-state index is -0.672. The van der Waals surface area contributed by atoms with Gasteiger partial charge in [-0.05, 0) is 42.5 Å². The van der Waals surface area contributed by atoms with E-state index in [1.54, 1.807) is 24.4 Å². The fraction of sp³-hybridized carbons (Fsp3) is 0. The number of nitrogens with zero attached hydrogens (tertiary/aromatic N) is 2. The highest BCUT2D eigenvalue weighted by molar-refractivity contribution is 5.59. The third-order valence-electron chi connectivity index (χ3n) is 2.89. The van der Waals surface area contributed by atoms with E-state index >= 15 is 0 Å². The lowest BCUT2D eigenvalue weighted by Gasteiger charge is -2.02. The van der Waals surface area contributed by atoms with Gasteiger partial charge in [0.1, 0.15) is 17.5 Å². The summed E-state index contributed by atoms with van der Waals surface area (Å²) in [5.74, 6) is -1.65. The maximum Gasteiger partial charge on any atom is 0.135 e. The molecular formula is C15H9F3N2. The van der Waals surface area contributed by atoms with Crippen LogP contribution < -0.4 is 0 Å². The van der Waals surface area contributed by atoms with Gasteiger partial charge in [0.2, 0.25) is 0 Å². The van der Waals surface area contributed by atoms with Crippen LogP contribution in [0.25, 0.3) is 16.9 Å². The van der Waals surface area contributed by atoms with Crippen molar-refractivity contribution in [3.8, 4) is 16.9 Å². The Kier molecular flexibility index (Phi) is 3.02. The molecule has 0 aliphatic carbocycles. The van der Waals surface area contributed by atoms with Crippen LogP contribution in [-0.4, -0.2) is 9.78 Å². The lowest BCUT2D eigenvalue weighted by Crippen LogP contribution is -1.95. The predicted molar refractivity (Wildman–Crippen MR) is 68.9 cm³/mol. The Morgan fingerprint density at radius 3 is 2.20 bits per heavy atom. The van der Waals surface area contributed by atoms with Crippen LogP contribution in [0.1, 0.15) is 0 Å². The fourth-order valence-corrected chi connectivity index (χ4v) is 1.90. The molecule has 0 spiro atoms. The normalized spacial score (nSPS) is 10.8. The van der Waals surface area contributed by atoms with Crippen LogP contribution in [0, 0.1) is 17.5 Å². The zero-order chi connectivity index (χ0) is 14.1. The van der Waals surface area contributed by atoms with E-state index in [0.717, 1.165) is 6.07 Å². The van der Waals surface area contributed by atoms with Gasteiger partial charge < -0.3 is 0 Å². The van der Waals surface area contributed by atoms with Crippen molar-refractivity contribution in [2.75, 3.05) is 0 Å². The summed E-state index contributed by atoms with van der Waals surface area (Å²) in [6.07, 6.45) is 1.63. The van der Waals surface area contributed by atoms with Crippen molar-refractivity contribution in [2.45, 2.75) is 0 Å². The average Bonchev–Trinajstić information content (AvgIpc) is 2.89. The zero-order valence-corrected chi connectivity index (χ0v) is 10.2. The quantitative estimate of drug-likeness (QED) is 0.691. The summed E-state index contributed by atoms with van der Waals surface area (Å²) >= 11 is 0.